The normalized spacial score (nSPS) is 48.9. The third kappa shape index (κ3) is 3.39. The summed E-state index contributed by atoms with van der Waals surface area (Å²) < 4.78 is 32.5. The summed E-state index contributed by atoms with van der Waals surface area (Å²) in [6.07, 6.45) is 6.50. The minimum Gasteiger partial charge on any atom is -0.479 e. The van der Waals surface area contributed by atoms with Gasteiger partial charge in [-0.3, -0.25) is 13.6 Å². The number of rotatable bonds is 9. The smallest absolute Gasteiger partial charge is 0.478 e. The molecule has 0 aromatic rings. The van der Waals surface area contributed by atoms with Gasteiger partial charge in [0, 0.05) is 0 Å². The van der Waals surface area contributed by atoms with Gasteiger partial charge in [0.2, 0.25) is 0 Å². The molecule has 0 aromatic carbocycles. The van der Waals surface area contributed by atoms with Crippen molar-refractivity contribution >= 4 is 25.7 Å². The largest absolute Gasteiger partial charge is 0.479 e. The Balaban J connectivity index is 1.40. The zero-order chi connectivity index (χ0) is 24.8. The van der Waals surface area contributed by atoms with Gasteiger partial charge in [0.05, 0.1) is 0 Å². The number of hydrogen-bond acceptors (Lipinski definition) is 7. The van der Waals surface area contributed by atoms with Crippen LogP contribution < -0.4 is 0 Å². The average Bonchev–Trinajstić information content (AvgIpc) is 3.60. The van der Waals surface area contributed by atoms with Crippen LogP contribution in [0.25, 0.3) is 0 Å². The van der Waals surface area contributed by atoms with E-state index >= 15 is 0 Å². The first-order valence-electron chi connectivity index (χ1n) is 12.9. The van der Waals surface area contributed by atoms with Crippen molar-refractivity contribution in [2.75, 3.05) is 0 Å². The number of hydrogen-bond donors (Lipinski definition) is 3. The van der Waals surface area contributed by atoms with Gasteiger partial charge in [-0.15, -0.1) is 0 Å². The highest BCUT2D eigenvalue weighted by molar-refractivity contribution is 7.48. The third-order valence-corrected chi connectivity index (χ3v) is 11.9. The van der Waals surface area contributed by atoms with E-state index in [0.717, 1.165) is 19.3 Å². The van der Waals surface area contributed by atoms with Gasteiger partial charge in [-0.2, -0.15) is 0 Å². The van der Waals surface area contributed by atoms with Crippen LogP contribution in [0.4, 0.5) is 0 Å². The van der Waals surface area contributed by atoms with Crippen LogP contribution in [-0.4, -0.2) is 50.0 Å². The fourth-order valence-electron chi connectivity index (χ4n) is 8.73. The zero-order valence-electron chi connectivity index (χ0n) is 19.6. The second kappa shape index (κ2) is 7.76. The average molecular weight is 512 g/mol. The van der Waals surface area contributed by atoms with E-state index in [4.69, 9.17) is 13.6 Å². The number of fused-ring (bicyclic) bond motifs is 6. The molecule has 0 saturated heterocycles. The van der Waals surface area contributed by atoms with Crippen molar-refractivity contribution in [1.82, 2.24) is 0 Å². The summed E-state index contributed by atoms with van der Waals surface area (Å²) in [6.45, 7) is 0. The van der Waals surface area contributed by atoms with Crippen LogP contribution in [0.1, 0.15) is 77.0 Å². The fourth-order valence-corrected chi connectivity index (χ4v) is 10.9. The highest BCUT2D eigenvalue weighted by Crippen LogP contribution is 2.70. The third-order valence-electron chi connectivity index (χ3n) is 10.3. The molecule has 11 heteroatoms. The van der Waals surface area contributed by atoms with Crippen LogP contribution in [0, 0.1) is 35.5 Å². The number of carboxylic acid groups (broad SMARTS) is 3. The quantitative estimate of drug-likeness (QED) is 0.385. The molecule has 35 heavy (non-hydrogen) atoms. The molecule has 6 fully saturated rings. The molecule has 0 amide bonds. The van der Waals surface area contributed by atoms with Crippen LogP contribution in [0.2, 0.25) is 0 Å². The molecule has 6 saturated carbocycles. The van der Waals surface area contributed by atoms with Gasteiger partial charge in [0.25, 0.3) is 0 Å². The minimum atomic E-state index is -4.96. The van der Waals surface area contributed by atoms with Gasteiger partial charge in [0.15, 0.2) is 16.8 Å². The first-order chi connectivity index (χ1) is 16.5. The van der Waals surface area contributed by atoms with E-state index in [1.54, 1.807) is 0 Å². The lowest BCUT2D eigenvalue weighted by Gasteiger charge is -2.43. The number of aliphatic carboxylic acids is 3. The summed E-state index contributed by atoms with van der Waals surface area (Å²) in [5.41, 5.74) is -5.52. The molecule has 6 rings (SSSR count). The van der Waals surface area contributed by atoms with Crippen molar-refractivity contribution in [2.45, 2.75) is 93.9 Å². The van der Waals surface area contributed by atoms with Gasteiger partial charge in [0.1, 0.15) is 0 Å². The van der Waals surface area contributed by atoms with Crippen molar-refractivity contribution in [3.63, 3.8) is 0 Å². The molecule has 0 heterocycles. The standard InChI is InChI=1S/C24H33O10P/c25-19(26)22(10-13-1-4-16(22)7-13)32-35(31,33-23(20(27)28)11-14-2-5-17(23)8-14)34-24(21(29)30)12-15-3-6-18(24)9-15/h13-18H,1-12H2,(H,25,26)(H,27,28)(H,29,30). The molecule has 6 aliphatic carbocycles. The molecule has 194 valence electrons. The van der Waals surface area contributed by atoms with Gasteiger partial charge in [-0.25, -0.2) is 18.9 Å². The number of carbonyl (C=O) groups is 3. The Morgan fingerprint density at radius 2 is 0.857 bits per heavy atom. The Labute approximate surface area is 203 Å². The Morgan fingerprint density at radius 1 is 0.571 bits per heavy atom. The molecule has 0 aliphatic heterocycles. The molecule has 6 bridgehead atoms. The minimum absolute atomic E-state index is 0.0939. The summed E-state index contributed by atoms with van der Waals surface area (Å²) >= 11 is 0. The second-order valence-electron chi connectivity index (χ2n) is 12.0. The van der Waals surface area contributed by atoms with Crippen LogP contribution >= 0.6 is 7.82 Å². The number of phosphoric ester groups is 1. The zero-order valence-corrected chi connectivity index (χ0v) is 20.5. The molecule has 9 unspecified atom stereocenters. The Morgan fingerprint density at radius 3 is 1.03 bits per heavy atom. The molecule has 0 aromatic heterocycles. The lowest BCUT2D eigenvalue weighted by Crippen LogP contribution is -2.52. The summed E-state index contributed by atoms with van der Waals surface area (Å²) in [5.74, 6) is -4.80. The van der Waals surface area contributed by atoms with Crippen molar-refractivity contribution < 1.29 is 47.8 Å². The summed E-state index contributed by atoms with van der Waals surface area (Å²) in [6, 6.07) is 0. The summed E-state index contributed by atoms with van der Waals surface area (Å²) in [4.78, 5) is 37.7. The lowest BCUT2D eigenvalue weighted by molar-refractivity contribution is -0.180. The maximum atomic E-state index is 14.6. The predicted octanol–water partition coefficient (Wildman–Crippen LogP) is 4.07. The molecule has 0 radical (unpaired) electrons. The Kier molecular flexibility index (Phi) is 5.30. The summed E-state index contributed by atoms with van der Waals surface area (Å²) in [5, 5.41) is 30.7. The highest BCUT2D eigenvalue weighted by Gasteiger charge is 2.68. The fraction of sp³-hybridized carbons (Fsp3) is 0.875. The molecular weight excluding hydrogens is 479 g/mol. The van der Waals surface area contributed by atoms with Crippen molar-refractivity contribution in [3.05, 3.63) is 0 Å². The van der Waals surface area contributed by atoms with E-state index in [9.17, 15) is 34.3 Å². The van der Waals surface area contributed by atoms with Gasteiger partial charge in [-0.05, 0) is 113 Å². The maximum Gasteiger partial charge on any atom is 0.478 e. The predicted molar refractivity (Wildman–Crippen MR) is 118 cm³/mol. The van der Waals surface area contributed by atoms with Crippen LogP contribution in [-0.2, 0) is 32.5 Å². The molecule has 0 spiro atoms. The van der Waals surface area contributed by atoms with Crippen LogP contribution in [0.3, 0.4) is 0 Å². The molecule has 3 N–H and O–H groups in total. The van der Waals surface area contributed by atoms with Gasteiger partial charge >= 0.3 is 25.7 Å². The van der Waals surface area contributed by atoms with E-state index in [1.165, 1.54) is 0 Å². The molecule has 10 nitrogen and oxygen atoms in total. The van der Waals surface area contributed by atoms with Crippen molar-refractivity contribution in [1.29, 1.82) is 0 Å². The number of phosphoric acid groups is 1. The van der Waals surface area contributed by atoms with Crippen LogP contribution in [0.15, 0.2) is 0 Å². The Hall–Kier alpha value is -1.48. The maximum absolute atomic E-state index is 14.6. The monoisotopic (exact) mass is 512 g/mol. The topological polar surface area (TPSA) is 157 Å². The van der Waals surface area contributed by atoms with Crippen LogP contribution in [0.5, 0.6) is 0 Å². The second-order valence-corrected chi connectivity index (χ2v) is 13.5. The highest BCUT2D eigenvalue weighted by atomic mass is 31.2. The van der Waals surface area contributed by atoms with Crippen molar-refractivity contribution in [2.24, 2.45) is 35.5 Å². The van der Waals surface area contributed by atoms with E-state index < -0.39 is 60.3 Å². The SMILES string of the molecule is O=C(O)C1(OP(=O)(OC2(C(=O)O)CC3CCC2C3)OC2(C(=O)O)CC3CCC2C3)CC2CCC1C2. The van der Waals surface area contributed by atoms with E-state index in [-0.39, 0.29) is 37.0 Å². The van der Waals surface area contributed by atoms with E-state index in [2.05, 4.69) is 0 Å². The van der Waals surface area contributed by atoms with E-state index in [0.29, 0.717) is 38.5 Å². The van der Waals surface area contributed by atoms with Crippen molar-refractivity contribution in [3.8, 4) is 0 Å². The first kappa shape index (κ1) is 23.9. The molecular formula is C24H33O10P. The lowest BCUT2D eigenvalue weighted by atomic mass is 9.84. The first-order valence-corrected chi connectivity index (χ1v) is 14.4. The van der Waals surface area contributed by atoms with Gasteiger partial charge < -0.3 is 15.3 Å². The molecule has 9 atom stereocenters. The molecule has 6 aliphatic rings. The summed E-state index contributed by atoms with van der Waals surface area (Å²) in [7, 11) is -4.96. The van der Waals surface area contributed by atoms with E-state index in [1.807, 2.05) is 0 Å². The Bertz CT molecular complexity index is 891. The van der Waals surface area contributed by atoms with Gasteiger partial charge in [-0.1, -0.05) is 0 Å². The number of carboxylic acids is 3.